The minimum Gasteiger partial charge on any atom is -0.339 e. The van der Waals surface area contributed by atoms with E-state index in [4.69, 9.17) is 4.52 Å². The molecule has 1 aromatic heterocycles. The van der Waals surface area contributed by atoms with Gasteiger partial charge in [0.05, 0.1) is 0 Å². The van der Waals surface area contributed by atoms with Crippen LogP contribution in [0, 0.1) is 0 Å². The van der Waals surface area contributed by atoms with Crippen LogP contribution < -0.4 is 0 Å². The van der Waals surface area contributed by atoms with Gasteiger partial charge < -0.3 is 9.42 Å². The molecule has 1 atom stereocenters. The van der Waals surface area contributed by atoms with E-state index in [1.165, 1.54) is 51.4 Å². The van der Waals surface area contributed by atoms with Gasteiger partial charge >= 0.3 is 0 Å². The third-order valence-electron chi connectivity index (χ3n) is 5.95. The highest BCUT2D eigenvalue weighted by Gasteiger charge is 2.38. The summed E-state index contributed by atoms with van der Waals surface area (Å²) in [7, 11) is 0. The third-order valence-corrected chi connectivity index (χ3v) is 5.95. The van der Waals surface area contributed by atoms with Crippen LogP contribution in [0.4, 0.5) is 0 Å². The zero-order chi connectivity index (χ0) is 15.6. The van der Waals surface area contributed by atoms with E-state index < -0.39 is 0 Å². The first-order valence-corrected chi connectivity index (χ1v) is 9.44. The molecule has 23 heavy (non-hydrogen) atoms. The molecule has 1 saturated heterocycles. The zero-order valence-corrected chi connectivity index (χ0v) is 13.9. The summed E-state index contributed by atoms with van der Waals surface area (Å²) in [6.45, 7) is 0.785. The highest BCUT2D eigenvalue weighted by atomic mass is 16.5. The summed E-state index contributed by atoms with van der Waals surface area (Å²) >= 11 is 0. The normalized spacial score (nSPS) is 27.7. The van der Waals surface area contributed by atoms with Crippen LogP contribution in [0.25, 0.3) is 0 Å². The molecule has 1 aliphatic heterocycles. The molecule has 0 spiro atoms. The summed E-state index contributed by atoms with van der Waals surface area (Å²) in [5.41, 5.74) is 0. The molecule has 2 heterocycles. The number of rotatable bonds is 3. The summed E-state index contributed by atoms with van der Waals surface area (Å²) in [6, 6.07) is 0.450. The lowest BCUT2D eigenvalue weighted by atomic mass is 9.89. The van der Waals surface area contributed by atoms with E-state index in [1.807, 2.05) is 0 Å². The summed E-state index contributed by atoms with van der Waals surface area (Å²) in [5, 5.41) is 4.22. The monoisotopic (exact) mass is 317 g/mol. The molecule has 0 N–H and O–H groups in total. The van der Waals surface area contributed by atoms with E-state index in [1.54, 1.807) is 0 Å². The fraction of sp³-hybridized carbons (Fsp3) is 0.833. The molecule has 0 radical (unpaired) electrons. The Hall–Kier alpha value is -1.39. The molecule has 1 amide bonds. The number of likely N-dealkylation sites (tertiary alicyclic amines) is 1. The Morgan fingerprint density at radius 1 is 0.913 bits per heavy atom. The molecule has 1 unspecified atom stereocenters. The fourth-order valence-corrected chi connectivity index (χ4v) is 4.58. The third kappa shape index (κ3) is 3.15. The van der Waals surface area contributed by atoms with Crippen molar-refractivity contribution < 1.29 is 9.32 Å². The van der Waals surface area contributed by atoms with Gasteiger partial charge in [-0.25, -0.2) is 0 Å². The Labute approximate surface area is 137 Å². The van der Waals surface area contributed by atoms with Gasteiger partial charge in [-0.05, 0) is 25.7 Å². The van der Waals surface area contributed by atoms with Crippen LogP contribution in [0.2, 0.25) is 0 Å². The van der Waals surface area contributed by atoms with Gasteiger partial charge in [-0.2, -0.15) is 4.98 Å². The summed E-state index contributed by atoms with van der Waals surface area (Å²) < 4.78 is 5.54. The maximum atomic E-state index is 12.4. The van der Waals surface area contributed by atoms with Crippen molar-refractivity contribution in [3.63, 3.8) is 0 Å². The Morgan fingerprint density at radius 3 is 2.35 bits per heavy atom. The molecule has 3 fully saturated rings. The Balaban J connectivity index is 1.42. The SMILES string of the molecule is O=C1CC(c2noc(C3CCCCC3)n2)CN1C1CCCCC1. The summed E-state index contributed by atoms with van der Waals surface area (Å²) in [6.07, 6.45) is 12.9. The van der Waals surface area contributed by atoms with E-state index in [2.05, 4.69) is 15.0 Å². The summed E-state index contributed by atoms with van der Waals surface area (Å²) in [4.78, 5) is 19.2. The van der Waals surface area contributed by atoms with Crippen molar-refractivity contribution in [3.05, 3.63) is 11.7 Å². The van der Waals surface area contributed by atoms with Crippen molar-refractivity contribution >= 4 is 5.91 Å². The first-order chi connectivity index (χ1) is 11.3. The van der Waals surface area contributed by atoms with Gasteiger partial charge in [-0.15, -0.1) is 0 Å². The Bertz CT molecular complexity index is 544. The van der Waals surface area contributed by atoms with Crippen molar-refractivity contribution in [2.45, 2.75) is 88.5 Å². The van der Waals surface area contributed by atoms with Gasteiger partial charge in [0, 0.05) is 30.8 Å². The van der Waals surface area contributed by atoms with Gasteiger partial charge in [0.25, 0.3) is 0 Å². The number of amides is 1. The predicted molar refractivity (Wildman–Crippen MR) is 86.1 cm³/mol. The van der Waals surface area contributed by atoms with Crippen LogP contribution in [0.15, 0.2) is 4.52 Å². The quantitative estimate of drug-likeness (QED) is 0.851. The molecule has 2 saturated carbocycles. The van der Waals surface area contributed by atoms with Crippen molar-refractivity contribution in [1.29, 1.82) is 0 Å². The van der Waals surface area contributed by atoms with E-state index in [0.29, 0.717) is 18.4 Å². The topological polar surface area (TPSA) is 59.2 Å². The first-order valence-electron chi connectivity index (χ1n) is 9.44. The largest absolute Gasteiger partial charge is 0.339 e. The van der Waals surface area contributed by atoms with E-state index in [0.717, 1.165) is 31.1 Å². The molecule has 0 aromatic carbocycles. The molecule has 126 valence electrons. The molecule has 0 bridgehead atoms. The second-order valence-electron chi connectivity index (χ2n) is 7.56. The van der Waals surface area contributed by atoms with Gasteiger partial charge in [0.2, 0.25) is 11.8 Å². The molecule has 5 heteroatoms. The molecule has 3 aliphatic rings. The van der Waals surface area contributed by atoms with E-state index >= 15 is 0 Å². The van der Waals surface area contributed by atoms with E-state index in [-0.39, 0.29) is 11.8 Å². The molecular weight excluding hydrogens is 290 g/mol. The molecule has 5 nitrogen and oxygen atoms in total. The number of hydrogen-bond donors (Lipinski definition) is 0. The van der Waals surface area contributed by atoms with Gasteiger partial charge in [-0.3, -0.25) is 4.79 Å². The van der Waals surface area contributed by atoms with E-state index in [9.17, 15) is 4.79 Å². The molecule has 2 aliphatic carbocycles. The predicted octanol–water partition coefficient (Wildman–Crippen LogP) is 3.77. The minimum atomic E-state index is 0.130. The van der Waals surface area contributed by atoms with Crippen molar-refractivity contribution in [2.75, 3.05) is 6.54 Å². The molecule has 1 aromatic rings. The molecular formula is C18H27N3O2. The molecule has 4 rings (SSSR count). The second-order valence-corrected chi connectivity index (χ2v) is 7.56. The zero-order valence-electron chi connectivity index (χ0n) is 13.9. The highest BCUT2D eigenvalue weighted by Crippen LogP contribution is 2.35. The van der Waals surface area contributed by atoms with Gasteiger partial charge in [-0.1, -0.05) is 43.7 Å². The van der Waals surface area contributed by atoms with Crippen LogP contribution >= 0.6 is 0 Å². The first kappa shape index (κ1) is 15.2. The number of nitrogens with zero attached hydrogens (tertiary/aromatic N) is 3. The van der Waals surface area contributed by atoms with Crippen LogP contribution in [-0.2, 0) is 4.79 Å². The van der Waals surface area contributed by atoms with Crippen LogP contribution in [-0.4, -0.2) is 33.5 Å². The van der Waals surface area contributed by atoms with Gasteiger partial charge in [0.15, 0.2) is 5.82 Å². The van der Waals surface area contributed by atoms with Crippen LogP contribution in [0.3, 0.4) is 0 Å². The van der Waals surface area contributed by atoms with Crippen molar-refractivity contribution in [3.8, 4) is 0 Å². The standard InChI is InChI=1S/C18H27N3O2/c22-16-11-14(12-21(16)15-9-5-2-6-10-15)17-19-18(23-20-17)13-7-3-1-4-8-13/h13-15H,1-12H2. The number of carbonyl (C=O) groups is 1. The smallest absolute Gasteiger partial charge is 0.229 e. The Kier molecular flexibility index (Phi) is 4.36. The van der Waals surface area contributed by atoms with Crippen LogP contribution in [0.1, 0.15) is 94.2 Å². The maximum absolute atomic E-state index is 12.4. The van der Waals surface area contributed by atoms with Crippen LogP contribution in [0.5, 0.6) is 0 Å². The van der Waals surface area contributed by atoms with Gasteiger partial charge in [0.1, 0.15) is 0 Å². The van der Waals surface area contributed by atoms with Crippen molar-refractivity contribution in [2.24, 2.45) is 0 Å². The highest BCUT2D eigenvalue weighted by molar-refractivity contribution is 5.79. The average molecular weight is 317 g/mol. The summed E-state index contributed by atoms with van der Waals surface area (Å²) in [5.74, 6) is 2.42. The second kappa shape index (κ2) is 6.62. The number of aromatic nitrogens is 2. The number of carbonyl (C=O) groups excluding carboxylic acids is 1. The lowest BCUT2D eigenvalue weighted by molar-refractivity contribution is -0.130. The average Bonchev–Trinajstić information content (AvgIpc) is 3.23. The van der Waals surface area contributed by atoms with Crippen molar-refractivity contribution in [1.82, 2.24) is 15.0 Å². The lowest BCUT2D eigenvalue weighted by Gasteiger charge is -2.31. The lowest BCUT2D eigenvalue weighted by Crippen LogP contribution is -2.37. The fourth-order valence-electron chi connectivity index (χ4n) is 4.58. The number of hydrogen-bond acceptors (Lipinski definition) is 4. The Morgan fingerprint density at radius 2 is 1.61 bits per heavy atom. The minimum absolute atomic E-state index is 0.130. The maximum Gasteiger partial charge on any atom is 0.229 e.